The van der Waals surface area contributed by atoms with Crippen molar-refractivity contribution >= 4 is 0 Å². The fourth-order valence-corrected chi connectivity index (χ4v) is 1.65. The molecule has 2 aromatic rings. The van der Waals surface area contributed by atoms with Gasteiger partial charge < -0.3 is 10.1 Å². The summed E-state index contributed by atoms with van der Waals surface area (Å²) < 4.78 is 0. The Kier molecular flexibility index (Phi) is 2.56. The molecule has 0 unspecified atom stereocenters. The van der Waals surface area contributed by atoms with Crippen molar-refractivity contribution < 1.29 is 5.11 Å². The van der Waals surface area contributed by atoms with E-state index in [1.165, 1.54) is 5.56 Å². The summed E-state index contributed by atoms with van der Waals surface area (Å²) in [4.78, 5) is 6.83. The summed E-state index contributed by atoms with van der Waals surface area (Å²) in [6.07, 6.45) is 2.60. The predicted octanol–water partition coefficient (Wildman–Crippen LogP) is 2.11. The molecule has 0 fully saturated rings. The van der Waals surface area contributed by atoms with Crippen molar-refractivity contribution in [2.24, 2.45) is 0 Å². The number of aryl methyl sites for hydroxylation is 1. The van der Waals surface area contributed by atoms with Crippen LogP contribution in [0.4, 0.5) is 0 Å². The lowest BCUT2D eigenvalue weighted by molar-refractivity contribution is 0.215. The number of nitrogens with one attached hydrogen (secondary N) is 1. The lowest BCUT2D eigenvalue weighted by Crippen LogP contribution is -2.03. The Hall–Kier alpha value is -1.61. The van der Waals surface area contributed by atoms with Crippen molar-refractivity contribution in [3.63, 3.8) is 0 Å². The number of benzene rings is 1. The predicted molar refractivity (Wildman–Crippen MR) is 58.6 cm³/mol. The number of aromatic nitrogens is 2. The molecule has 1 atom stereocenters. The molecule has 1 aromatic heterocycles. The van der Waals surface area contributed by atoms with Crippen molar-refractivity contribution in [2.75, 3.05) is 0 Å². The van der Waals surface area contributed by atoms with Gasteiger partial charge in [-0.15, -0.1) is 0 Å². The summed E-state index contributed by atoms with van der Waals surface area (Å²) in [5.41, 5.74) is 3.97. The quantitative estimate of drug-likeness (QED) is 0.783. The Bertz CT molecular complexity index is 449. The molecule has 0 aliphatic heterocycles. The lowest BCUT2D eigenvalue weighted by atomic mass is 9.98. The van der Waals surface area contributed by atoms with E-state index in [9.17, 15) is 5.11 Å². The van der Waals surface area contributed by atoms with Crippen LogP contribution in [0.25, 0.3) is 0 Å². The molecular weight excluding hydrogens is 188 g/mol. The van der Waals surface area contributed by atoms with Crippen LogP contribution in [0.2, 0.25) is 0 Å². The first-order chi connectivity index (χ1) is 7.20. The summed E-state index contributed by atoms with van der Waals surface area (Å²) in [6.45, 7) is 4.06. The normalized spacial score (nSPS) is 12.7. The Morgan fingerprint density at radius 1 is 1.33 bits per heavy atom. The second-order valence-electron chi connectivity index (χ2n) is 3.70. The monoisotopic (exact) mass is 202 g/mol. The van der Waals surface area contributed by atoms with E-state index >= 15 is 0 Å². The van der Waals surface area contributed by atoms with Crippen LogP contribution in [0.15, 0.2) is 30.7 Å². The standard InChI is InChI=1S/C12H14N2O/c1-8-4-3-5-10(9(8)2)12(15)11-6-13-7-14-11/h3-7,12,15H,1-2H3,(H,13,14)/t12-/m1/s1. The van der Waals surface area contributed by atoms with Gasteiger partial charge in [-0.3, -0.25) is 0 Å². The fourth-order valence-electron chi connectivity index (χ4n) is 1.65. The molecule has 0 radical (unpaired) electrons. The molecule has 0 bridgehead atoms. The molecule has 1 heterocycles. The second kappa shape index (κ2) is 3.87. The maximum absolute atomic E-state index is 10.1. The molecule has 1 aromatic carbocycles. The van der Waals surface area contributed by atoms with E-state index in [0.29, 0.717) is 0 Å². The van der Waals surface area contributed by atoms with Crippen molar-refractivity contribution in [3.05, 3.63) is 53.1 Å². The third-order valence-corrected chi connectivity index (χ3v) is 2.76. The molecule has 15 heavy (non-hydrogen) atoms. The van der Waals surface area contributed by atoms with Crippen LogP contribution in [-0.2, 0) is 0 Å². The van der Waals surface area contributed by atoms with Gasteiger partial charge in [-0.2, -0.15) is 0 Å². The molecule has 0 aliphatic rings. The van der Waals surface area contributed by atoms with Crippen LogP contribution in [0.1, 0.15) is 28.5 Å². The fraction of sp³-hybridized carbons (Fsp3) is 0.250. The van der Waals surface area contributed by atoms with Gasteiger partial charge in [0.1, 0.15) is 6.10 Å². The maximum atomic E-state index is 10.1. The second-order valence-corrected chi connectivity index (χ2v) is 3.70. The smallest absolute Gasteiger partial charge is 0.121 e. The van der Waals surface area contributed by atoms with E-state index in [0.717, 1.165) is 16.8 Å². The van der Waals surface area contributed by atoms with Crippen LogP contribution >= 0.6 is 0 Å². The molecule has 0 saturated carbocycles. The number of H-pyrrole nitrogens is 1. The van der Waals surface area contributed by atoms with Crippen molar-refractivity contribution in [1.82, 2.24) is 9.97 Å². The summed E-state index contributed by atoms with van der Waals surface area (Å²) in [6, 6.07) is 5.93. The third kappa shape index (κ3) is 1.78. The minimum Gasteiger partial charge on any atom is -0.382 e. The molecule has 2 N–H and O–H groups in total. The molecule has 3 heteroatoms. The third-order valence-electron chi connectivity index (χ3n) is 2.76. The zero-order valence-corrected chi connectivity index (χ0v) is 8.86. The van der Waals surface area contributed by atoms with E-state index in [4.69, 9.17) is 0 Å². The van der Waals surface area contributed by atoms with Crippen molar-refractivity contribution in [2.45, 2.75) is 20.0 Å². The molecular formula is C12H14N2O. The van der Waals surface area contributed by atoms with E-state index in [2.05, 4.69) is 9.97 Å². The van der Waals surface area contributed by atoms with Gasteiger partial charge in [0.15, 0.2) is 0 Å². The number of nitrogens with zero attached hydrogens (tertiary/aromatic N) is 1. The number of aliphatic hydroxyl groups is 1. The number of rotatable bonds is 2. The van der Waals surface area contributed by atoms with Crippen molar-refractivity contribution in [1.29, 1.82) is 0 Å². The van der Waals surface area contributed by atoms with Crippen LogP contribution in [0.5, 0.6) is 0 Å². The Morgan fingerprint density at radius 3 is 2.80 bits per heavy atom. The number of hydrogen-bond donors (Lipinski definition) is 2. The summed E-state index contributed by atoms with van der Waals surface area (Å²) in [5.74, 6) is 0. The van der Waals surface area contributed by atoms with Gasteiger partial charge in [0.25, 0.3) is 0 Å². The molecule has 0 aliphatic carbocycles. The molecule has 0 saturated heterocycles. The Balaban J connectivity index is 2.42. The highest BCUT2D eigenvalue weighted by molar-refractivity contribution is 5.37. The number of hydrogen-bond acceptors (Lipinski definition) is 2. The first-order valence-corrected chi connectivity index (χ1v) is 4.92. The van der Waals surface area contributed by atoms with Crippen LogP contribution in [-0.4, -0.2) is 15.1 Å². The largest absolute Gasteiger partial charge is 0.382 e. The molecule has 2 rings (SSSR count). The summed E-state index contributed by atoms with van der Waals surface area (Å²) in [7, 11) is 0. The minimum atomic E-state index is -0.618. The molecule has 3 nitrogen and oxygen atoms in total. The highest BCUT2D eigenvalue weighted by Crippen LogP contribution is 2.24. The van der Waals surface area contributed by atoms with Gasteiger partial charge in [-0.05, 0) is 30.5 Å². The highest BCUT2D eigenvalue weighted by Gasteiger charge is 2.14. The van der Waals surface area contributed by atoms with Gasteiger partial charge in [0.2, 0.25) is 0 Å². The first-order valence-electron chi connectivity index (χ1n) is 4.92. The van der Waals surface area contributed by atoms with Gasteiger partial charge in [-0.1, -0.05) is 18.2 Å². The number of imidazole rings is 1. The van der Waals surface area contributed by atoms with Gasteiger partial charge in [0, 0.05) is 0 Å². The first kappa shape index (κ1) is 9.93. The van der Waals surface area contributed by atoms with E-state index in [1.54, 1.807) is 12.5 Å². The average Bonchev–Trinajstić information content (AvgIpc) is 2.74. The van der Waals surface area contributed by atoms with Crippen LogP contribution < -0.4 is 0 Å². The molecule has 0 spiro atoms. The molecule has 0 amide bonds. The van der Waals surface area contributed by atoms with Crippen LogP contribution in [0, 0.1) is 13.8 Å². The van der Waals surface area contributed by atoms with E-state index in [1.807, 2.05) is 32.0 Å². The van der Waals surface area contributed by atoms with Crippen molar-refractivity contribution in [3.8, 4) is 0 Å². The lowest BCUT2D eigenvalue weighted by Gasteiger charge is -2.13. The number of aromatic amines is 1. The summed E-state index contributed by atoms with van der Waals surface area (Å²) >= 11 is 0. The Labute approximate surface area is 88.8 Å². The van der Waals surface area contributed by atoms with Crippen LogP contribution in [0.3, 0.4) is 0 Å². The molecule has 78 valence electrons. The van der Waals surface area contributed by atoms with Gasteiger partial charge >= 0.3 is 0 Å². The zero-order chi connectivity index (χ0) is 10.8. The summed E-state index contributed by atoms with van der Waals surface area (Å²) in [5, 5.41) is 10.1. The Morgan fingerprint density at radius 2 is 2.13 bits per heavy atom. The average molecular weight is 202 g/mol. The minimum absolute atomic E-state index is 0.618. The topological polar surface area (TPSA) is 48.9 Å². The van der Waals surface area contributed by atoms with E-state index < -0.39 is 6.10 Å². The zero-order valence-electron chi connectivity index (χ0n) is 8.86. The van der Waals surface area contributed by atoms with E-state index in [-0.39, 0.29) is 0 Å². The maximum Gasteiger partial charge on any atom is 0.121 e. The van der Waals surface area contributed by atoms with Gasteiger partial charge in [-0.25, -0.2) is 4.98 Å². The van der Waals surface area contributed by atoms with Gasteiger partial charge in [0.05, 0.1) is 18.2 Å². The number of aliphatic hydroxyl groups excluding tert-OH is 1. The SMILES string of the molecule is Cc1cccc([C@@H](O)c2cnc[nH]2)c1C. The highest BCUT2D eigenvalue weighted by atomic mass is 16.3.